The minimum atomic E-state index is -0.394. The van der Waals surface area contributed by atoms with Crippen LogP contribution < -0.4 is 5.32 Å². The molecule has 1 fully saturated rings. The van der Waals surface area contributed by atoms with Crippen LogP contribution in [0.5, 0.6) is 0 Å². The van der Waals surface area contributed by atoms with Crippen LogP contribution in [0.2, 0.25) is 0 Å². The summed E-state index contributed by atoms with van der Waals surface area (Å²) in [6.07, 6.45) is 5.31. The fourth-order valence-corrected chi connectivity index (χ4v) is 3.04. The monoisotopic (exact) mass is 262 g/mol. The first kappa shape index (κ1) is 13.8. The molecule has 1 aliphatic carbocycles. The van der Waals surface area contributed by atoms with Gasteiger partial charge in [-0.25, -0.2) is 9.78 Å². The highest BCUT2D eigenvalue weighted by molar-refractivity contribution is 5.88. The molecule has 0 saturated heterocycles. The van der Waals surface area contributed by atoms with Crippen molar-refractivity contribution < 1.29 is 9.53 Å². The summed E-state index contributed by atoms with van der Waals surface area (Å²) in [5, 5.41) is 3.51. The second-order valence-corrected chi connectivity index (χ2v) is 5.68. The molecule has 0 aromatic carbocycles. The van der Waals surface area contributed by atoms with E-state index >= 15 is 0 Å². The summed E-state index contributed by atoms with van der Waals surface area (Å²) in [4.78, 5) is 15.5. The number of carbonyl (C=O) groups is 1. The van der Waals surface area contributed by atoms with Gasteiger partial charge in [-0.1, -0.05) is 13.8 Å². The number of hydrogen-bond donors (Lipinski definition) is 1. The largest absolute Gasteiger partial charge is 0.464 e. The molecule has 1 aromatic rings. The molecule has 1 saturated carbocycles. The number of nitrogens with one attached hydrogen (secondary N) is 1. The maximum atomic E-state index is 11.4. The van der Waals surface area contributed by atoms with E-state index in [1.165, 1.54) is 26.4 Å². The molecule has 4 nitrogen and oxygen atoms in total. The maximum Gasteiger partial charge on any atom is 0.356 e. The highest BCUT2D eigenvalue weighted by atomic mass is 16.5. The van der Waals surface area contributed by atoms with Crippen LogP contribution in [0.15, 0.2) is 18.3 Å². The number of nitrogens with zero attached hydrogens (tertiary/aromatic N) is 1. The Morgan fingerprint density at radius 3 is 2.63 bits per heavy atom. The van der Waals surface area contributed by atoms with Crippen molar-refractivity contribution in [3.63, 3.8) is 0 Å². The topological polar surface area (TPSA) is 51.2 Å². The summed E-state index contributed by atoms with van der Waals surface area (Å²) >= 11 is 0. The van der Waals surface area contributed by atoms with Crippen molar-refractivity contribution in [2.24, 2.45) is 11.8 Å². The predicted octanol–water partition coefficient (Wildman–Crippen LogP) is 3.10. The molecule has 0 spiro atoms. The molecule has 2 rings (SSSR count). The molecule has 2 unspecified atom stereocenters. The lowest BCUT2D eigenvalue weighted by Crippen LogP contribution is -2.30. The molecule has 1 aliphatic rings. The van der Waals surface area contributed by atoms with Gasteiger partial charge in [0.25, 0.3) is 0 Å². The third-order valence-corrected chi connectivity index (χ3v) is 3.70. The zero-order valence-electron chi connectivity index (χ0n) is 11.8. The Kier molecular flexibility index (Phi) is 4.40. The Hall–Kier alpha value is -1.58. The first-order chi connectivity index (χ1) is 9.08. The van der Waals surface area contributed by atoms with E-state index in [1.807, 2.05) is 6.07 Å². The first-order valence-electron chi connectivity index (χ1n) is 6.89. The summed E-state index contributed by atoms with van der Waals surface area (Å²) in [6, 6.07) is 4.14. The summed E-state index contributed by atoms with van der Waals surface area (Å²) in [7, 11) is 1.37. The lowest BCUT2D eigenvalue weighted by atomic mass is 9.80. The third-order valence-electron chi connectivity index (χ3n) is 3.70. The van der Waals surface area contributed by atoms with Crippen molar-refractivity contribution in [3.05, 3.63) is 24.0 Å². The number of rotatable bonds is 3. The molecule has 0 bridgehead atoms. The number of anilines is 1. The van der Waals surface area contributed by atoms with Crippen molar-refractivity contribution in [1.82, 2.24) is 4.98 Å². The maximum absolute atomic E-state index is 11.4. The molecule has 2 atom stereocenters. The van der Waals surface area contributed by atoms with Crippen LogP contribution in [0.25, 0.3) is 0 Å². The van der Waals surface area contributed by atoms with E-state index in [0.29, 0.717) is 11.7 Å². The minimum Gasteiger partial charge on any atom is -0.464 e. The van der Waals surface area contributed by atoms with Crippen LogP contribution in [-0.2, 0) is 4.74 Å². The van der Waals surface area contributed by atoms with Gasteiger partial charge >= 0.3 is 5.97 Å². The van der Waals surface area contributed by atoms with Crippen molar-refractivity contribution in [3.8, 4) is 0 Å². The molecule has 0 radical (unpaired) electrons. The van der Waals surface area contributed by atoms with E-state index in [1.54, 1.807) is 12.3 Å². The molecule has 1 N–H and O–H groups in total. The predicted molar refractivity (Wildman–Crippen MR) is 75.2 cm³/mol. The zero-order valence-corrected chi connectivity index (χ0v) is 11.8. The molecule has 4 heteroatoms. The molecule has 19 heavy (non-hydrogen) atoms. The fraction of sp³-hybridized carbons (Fsp3) is 0.600. The van der Waals surface area contributed by atoms with Gasteiger partial charge in [0.15, 0.2) is 0 Å². The van der Waals surface area contributed by atoms with Crippen molar-refractivity contribution in [1.29, 1.82) is 0 Å². The lowest BCUT2D eigenvalue weighted by molar-refractivity contribution is 0.0594. The quantitative estimate of drug-likeness (QED) is 0.850. The molecular formula is C15H22N2O2. The van der Waals surface area contributed by atoms with Crippen LogP contribution in [0.3, 0.4) is 0 Å². The normalized spacial score (nSPS) is 26.8. The molecule has 104 valence electrons. The number of ether oxygens (including phenoxy) is 1. The van der Waals surface area contributed by atoms with E-state index < -0.39 is 5.97 Å². The van der Waals surface area contributed by atoms with Gasteiger partial charge in [-0.3, -0.25) is 0 Å². The SMILES string of the molecule is COC(=O)c1cc(NC2CC(C)CC(C)C2)ccn1. The molecule has 0 aliphatic heterocycles. The number of esters is 1. The average molecular weight is 262 g/mol. The van der Waals surface area contributed by atoms with E-state index in [0.717, 1.165) is 17.5 Å². The number of methoxy groups -OCH3 is 1. The lowest BCUT2D eigenvalue weighted by Gasteiger charge is -2.32. The van der Waals surface area contributed by atoms with Crippen LogP contribution in [-0.4, -0.2) is 24.1 Å². The Labute approximate surface area is 114 Å². The second kappa shape index (κ2) is 6.04. The summed E-state index contributed by atoms with van der Waals surface area (Å²) in [5.74, 6) is 1.11. The van der Waals surface area contributed by atoms with E-state index in [9.17, 15) is 4.79 Å². The molecule has 1 heterocycles. The van der Waals surface area contributed by atoms with Crippen molar-refractivity contribution in [2.45, 2.75) is 39.2 Å². The van der Waals surface area contributed by atoms with Gasteiger partial charge in [0.05, 0.1) is 7.11 Å². The van der Waals surface area contributed by atoms with Crippen molar-refractivity contribution >= 4 is 11.7 Å². The van der Waals surface area contributed by atoms with Gasteiger partial charge in [-0.05, 0) is 43.2 Å². The number of pyridine rings is 1. The minimum absolute atomic E-state index is 0.351. The summed E-state index contributed by atoms with van der Waals surface area (Å²) < 4.78 is 4.69. The van der Waals surface area contributed by atoms with Crippen molar-refractivity contribution in [2.75, 3.05) is 12.4 Å². The van der Waals surface area contributed by atoms with E-state index in [-0.39, 0.29) is 0 Å². The van der Waals surface area contributed by atoms with Crippen LogP contribution in [0.4, 0.5) is 5.69 Å². The van der Waals surface area contributed by atoms with Gasteiger partial charge in [0.2, 0.25) is 0 Å². The summed E-state index contributed by atoms with van der Waals surface area (Å²) in [6.45, 7) is 4.60. The Balaban J connectivity index is 2.04. The standard InChI is InChI=1S/C15H22N2O2/c1-10-6-11(2)8-13(7-10)17-12-4-5-16-14(9-12)15(18)19-3/h4-5,9-11,13H,6-8H2,1-3H3,(H,16,17). The van der Waals surface area contributed by atoms with Gasteiger partial charge < -0.3 is 10.1 Å². The fourth-order valence-electron chi connectivity index (χ4n) is 3.04. The highest BCUT2D eigenvalue weighted by Crippen LogP contribution is 2.30. The Bertz CT molecular complexity index is 438. The molecule has 0 amide bonds. The zero-order chi connectivity index (χ0) is 13.8. The molecular weight excluding hydrogens is 240 g/mol. The van der Waals surface area contributed by atoms with Gasteiger partial charge in [0, 0.05) is 17.9 Å². The van der Waals surface area contributed by atoms with Gasteiger partial charge in [0.1, 0.15) is 5.69 Å². The highest BCUT2D eigenvalue weighted by Gasteiger charge is 2.23. The Morgan fingerprint density at radius 2 is 2.00 bits per heavy atom. The first-order valence-corrected chi connectivity index (χ1v) is 6.89. The third kappa shape index (κ3) is 3.69. The van der Waals surface area contributed by atoms with Crippen LogP contribution in [0, 0.1) is 11.8 Å². The molecule has 1 aromatic heterocycles. The van der Waals surface area contributed by atoms with Crippen LogP contribution >= 0.6 is 0 Å². The average Bonchev–Trinajstić information content (AvgIpc) is 2.37. The van der Waals surface area contributed by atoms with E-state index in [2.05, 4.69) is 28.9 Å². The van der Waals surface area contributed by atoms with Gasteiger partial charge in [-0.15, -0.1) is 0 Å². The summed E-state index contributed by atoms with van der Waals surface area (Å²) in [5.41, 5.74) is 1.30. The number of aromatic nitrogens is 1. The number of carbonyl (C=O) groups excluding carboxylic acids is 1. The second-order valence-electron chi connectivity index (χ2n) is 5.68. The Morgan fingerprint density at radius 1 is 1.32 bits per heavy atom. The van der Waals surface area contributed by atoms with Crippen LogP contribution in [0.1, 0.15) is 43.6 Å². The smallest absolute Gasteiger partial charge is 0.356 e. The number of hydrogen-bond acceptors (Lipinski definition) is 4. The van der Waals surface area contributed by atoms with E-state index in [4.69, 9.17) is 0 Å². The van der Waals surface area contributed by atoms with Gasteiger partial charge in [-0.2, -0.15) is 0 Å².